The molecule has 24 heavy (non-hydrogen) atoms. The van der Waals surface area contributed by atoms with E-state index < -0.39 is 5.54 Å². The number of amides is 2. The van der Waals surface area contributed by atoms with Crippen LogP contribution >= 0.6 is 11.6 Å². The number of allylic oxidation sites excluding steroid dienone is 1. The number of rotatable bonds is 5. The van der Waals surface area contributed by atoms with Gasteiger partial charge in [-0.05, 0) is 55.7 Å². The van der Waals surface area contributed by atoms with Crippen LogP contribution in [0.3, 0.4) is 0 Å². The maximum atomic E-state index is 12.2. The largest absolute Gasteiger partial charge is 0.334 e. The monoisotopic (exact) mass is 342 g/mol. The molecular formula is C20H23ClN2O. The Morgan fingerprint density at radius 1 is 1.17 bits per heavy atom. The summed E-state index contributed by atoms with van der Waals surface area (Å²) in [5.41, 5.74) is 3.61. The van der Waals surface area contributed by atoms with Crippen molar-refractivity contribution in [3.8, 4) is 0 Å². The van der Waals surface area contributed by atoms with E-state index in [0.29, 0.717) is 11.6 Å². The summed E-state index contributed by atoms with van der Waals surface area (Å²) in [6.45, 7) is 10.3. The van der Waals surface area contributed by atoms with Crippen molar-refractivity contribution in [1.82, 2.24) is 10.6 Å². The molecule has 126 valence electrons. The van der Waals surface area contributed by atoms with Crippen molar-refractivity contribution >= 4 is 23.2 Å². The van der Waals surface area contributed by atoms with Gasteiger partial charge in [0.05, 0.1) is 5.54 Å². The minimum atomic E-state index is -0.491. The molecule has 0 saturated heterocycles. The van der Waals surface area contributed by atoms with Gasteiger partial charge in [-0.3, -0.25) is 0 Å². The smallest absolute Gasteiger partial charge is 0.315 e. The second-order valence-electron chi connectivity index (χ2n) is 6.42. The van der Waals surface area contributed by atoms with Gasteiger partial charge in [-0.1, -0.05) is 54.1 Å². The summed E-state index contributed by atoms with van der Waals surface area (Å²) >= 11 is 5.86. The maximum absolute atomic E-state index is 12.2. The highest BCUT2D eigenvalue weighted by atomic mass is 35.5. The van der Waals surface area contributed by atoms with Gasteiger partial charge in [0.2, 0.25) is 0 Å². The van der Waals surface area contributed by atoms with Crippen molar-refractivity contribution in [2.75, 3.05) is 0 Å². The van der Waals surface area contributed by atoms with E-state index >= 15 is 0 Å². The first kappa shape index (κ1) is 18.1. The zero-order chi connectivity index (χ0) is 17.7. The van der Waals surface area contributed by atoms with Crippen molar-refractivity contribution in [2.24, 2.45) is 0 Å². The van der Waals surface area contributed by atoms with Gasteiger partial charge >= 0.3 is 6.03 Å². The summed E-state index contributed by atoms with van der Waals surface area (Å²) in [7, 11) is 0. The molecule has 0 spiro atoms. The molecule has 0 atom stereocenters. The lowest BCUT2D eigenvalue weighted by atomic mass is 9.92. The van der Waals surface area contributed by atoms with Crippen molar-refractivity contribution < 1.29 is 4.79 Å². The van der Waals surface area contributed by atoms with Crippen LogP contribution in [-0.2, 0) is 12.1 Å². The third-order valence-electron chi connectivity index (χ3n) is 3.87. The van der Waals surface area contributed by atoms with Crippen LogP contribution in [0.1, 0.15) is 37.5 Å². The predicted octanol–water partition coefficient (Wildman–Crippen LogP) is 5.11. The molecule has 0 bridgehead atoms. The standard InChI is InChI=1S/C20H23ClN2O/c1-14(2)16-6-5-7-17(12-16)20(3,4)23-19(24)22-13-15-8-10-18(21)11-9-15/h5-12H,1,13H2,2-4H3,(H2,22,23,24). The summed E-state index contributed by atoms with van der Waals surface area (Å²) in [5.74, 6) is 0. The van der Waals surface area contributed by atoms with Crippen molar-refractivity contribution in [2.45, 2.75) is 32.9 Å². The van der Waals surface area contributed by atoms with Gasteiger partial charge in [-0.25, -0.2) is 4.79 Å². The molecule has 0 unspecified atom stereocenters. The third-order valence-corrected chi connectivity index (χ3v) is 4.12. The number of benzene rings is 2. The molecule has 2 amide bonds. The fourth-order valence-electron chi connectivity index (χ4n) is 2.36. The van der Waals surface area contributed by atoms with E-state index in [-0.39, 0.29) is 6.03 Å². The van der Waals surface area contributed by atoms with E-state index in [1.165, 1.54) is 0 Å². The highest BCUT2D eigenvalue weighted by Gasteiger charge is 2.23. The van der Waals surface area contributed by atoms with Crippen molar-refractivity contribution in [3.63, 3.8) is 0 Å². The third kappa shape index (κ3) is 4.87. The Morgan fingerprint density at radius 2 is 1.83 bits per heavy atom. The number of hydrogen-bond donors (Lipinski definition) is 2. The zero-order valence-electron chi connectivity index (χ0n) is 14.3. The molecule has 0 saturated carbocycles. The van der Waals surface area contributed by atoms with E-state index in [1.54, 1.807) is 0 Å². The number of carbonyl (C=O) groups excluding carboxylic acids is 1. The van der Waals surface area contributed by atoms with E-state index in [9.17, 15) is 4.79 Å². The van der Waals surface area contributed by atoms with Crippen molar-refractivity contribution in [3.05, 3.63) is 76.8 Å². The Morgan fingerprint density at radius 3 is 2.46 bits per heavy atom. The Labute approximate surface area is 148 Å². The Hall–Kier alpha value is -2.26. The summed E-state index contributed by atoms with van der Waals surface area (Å²) < 4.78 is 0. The van der Waals surface area contributed by atoms with Crippen LogP contribution in [0.2, 0.25) is 5.02 Å². The van der Waals surface area contributed by atoms with Crippen molar-refractivity contribution in [1.29, 1.82) is 0 Å². The first-order chi connectivity index (χ1) is 11.3. The molecule has 0 aromatic heterocycles. The number of halogens is 1. The maximum Gasteiger partial charge on any atom is 0.315 e. The highest BCUT2D eigenvalue weighted by molar-refractivity contribution is 6.30. The molecule has 4 heteroatoms. The number of urea groups is 1. The molecule has 0 heterocycles. The quantitative estimate of drug-likeness (QED) is 0.779. The topological polar surface area (TPSA) is 41.1 Å². The molecule has 0 aliphatic carbocycles. The summed E-state index contributed by atoms with van der Waals surface area (Å²) in [4.78, 5) is 12.2. The molecule has 2 N–H and O–H groups in total. The molecule has 0 aliphatic heterocycles. The molecule has 2 aromatic carbocycles. The lowest BCUT2D eigenvalue weighted by molar-refractivity contribution is 0.229. The summed E-state index contributed by atoms with van der Waals surface area (Å²) in [6.07, 6.45) is 0. The van der Waals surface area contributed by atoms with Crippen LogP contribution in [0, 0.1) is 0 Å². The van der Waals surface area contributed by atoms with Crippen LogP contribution in [0.15, 0.2) is 55.1 Å². The van der Waals surface area contributed by atoms with Crippen LogP contribution in [0.5, 0.6) is 0 Å². The van der Waals surface area contributed by atoms with Gasteiger partial charge in [0, 0.05) is 11.6 Å². The van der Waals surface area contributed by atoms with E-state index in [4.69, 9.17) is 11.6 Å². The van der Waals surface area contributed by atoms with Gasteiger partial charge in [-0.15, -0.1) is 0 Å². The van der Waals surface area contributed by atoms with Crippen LogP contribution in [-0.4, -0.2) is 6.03 Å². The average Bonchev–Trinajstić information content (AvgIpc) is 2.54. The van der Waals surface area contributed by atoms with E-state index in [0.717, 1.165) is 22.3 Å². The number of nitrogens with one attached hydrogen (secondary N) is 2. The average molecular weight is 343 g/mol. The highest BCUT2D eigenvalue weighted by Crippen LogP contribution is 2.23. The van der Waals surface area contributed by atoms with Gasteiger partial charge in [0.25, 0.3) is 0 Å². The van der Waals surface area contributed by atoms with E-state index in [1.807, 2.05) is 63.2 Å². The lowest BCUT2D eigenvalue weighted by Gasteiger charge is -2.27. The normalized spacial score (nSPS) is 11.0. The van der Waals surface area contributed by atoms with Gasteiger partial charge < -0.3 is 10.6 Å². The van der Waals surface area contributed by atoms with Crippen LogP contribution < -0.4 is 10.6 Å². The molecule has 0 fully saturated rings. The summed E-state index contributed by atoms with van der Waals surface area (Å²) in [6, 6.07) is 15.3. The van der Waals surface area contributed by atoms with Gasteiger partial charge in [0.1, 0.15) is 0 Å². The first-order valence-electron chi connectivity index (χ1n) is 7.85. The molecule has 2 rings (SSSR count). The first-order valence-corrected chi connectivity index (χ1v) is 8.22. The van der Waals surface area contributed by atoms with Gasteiger partial charge in [0.15, 0.2) is 0 Å². The second kappa shape index (κ2) is 7.54. The minimum Gasteiger partial charge on any atom is -0.334 e. The molecule has 0 radical (unpaired) electrons. The lowest BCUT2D eigenvalue weighted by Crippen LogP contribution is -2.46. The molecule has 3 nitrogen and oxygen atoms in total. The SMILES string of the molecule is C=C(C)c1cccc(C(C)(C)NC(=O)NCc2ccc(Cl)cc2)c1. The van der Waals surface area contributed by atoms with E-state index in [2.05, 4.69) is 23.3 Å². The summed E-state index contributed by atoms with van der Waals surface area (Å²) in [5, 5.41) is 6.57. The molecule has 0 aliphatic rings. The zero-order valence-corrected chi connectivity index (χ0v) is 15.1. The fourth-order valence-corrected chi connectivity index (χ4v) is 2.48. The molecular weight excluding hydrogens is 320 g/mol. The van der Waals surface area contributed by atoms with Crippen LogP contribution in [0.4, 0.5) is 4.79 Å². The fraction of sp³-hybridized carbons (Fsp3) is 0.250. The number of hydrogen-bond acceptors (Lipinski definition) is 1. The van der Waals surface area contributed by atoms with Gasteiger partial charge in [-0.2, -0.15) is 0 Å². The second-order valence-corrected chi connectivity index (χ2v) is 6.86. The Kier molecular flexibility index (Phi) is 5.68. The predicted molar refractivity (Wildman–Crippen MR) is 101 cm³/mol. The minimum absolute atomic E-state index is 0.212. The Balaban J connectivity index is 2.00. The van der Waals surface area contributed by atoms with Crippen LogP contribution in [0.25, 0.3) is 5.57 Å². The molecule has 2 aromatic rings. The number of carbonyl (C=O) groups is 1. The Bertz CT molecular complexity index is 736.